The summed E-state index contributed by atoms with van der Waals surface area (Å²) in [6.07, 6.45) is 3.99. The van der Waals surface area contributed by atoms with E-state index in [-0.39, 0.29) is 18.4 Å². The molecule has 1 saturated heterocycles. The monoisotopic (exact) mass is 247 g/mol. The molecule has 0 aromatic carbocycles. The van der Waals surface area contributed by atoms with Crippen LogP contribution in [0.4, 0.5) is 0 Å². The van der Waals surface area contributed by atoms with Gasteiger partial charge in [0.05, 0.1) is 6.54 Å². The minimum absolute atomic E-state index is 0.0530. The van der Waals surface area contributed by atoms with Crippen LogP contribution in [0.15, 0.2) is 24.5 Å². The number of hydrogen-bond acceptors (Lipinski definition) is 3. The number of aromatic nitrogens is 1. The number of carbonyl (C=O) groups is 2. The largest absolute Gasteiger partial charge is 0.345 e. The van der Waals surface area contributed by atoms with Gasteiger partial charge in [0.2, 0.25) is 11.8 Å². The second kappa shape index (κ2) is 4.76. The molecule has 1 fully saturated rings. The molecule has 5 nitrogen and oxygen atoms in total. The second-order valence-corrected chi connectivity index (χ2v) is 4.65. The molecule has 5 heteroatoms. The third-order valence-corrected chi connectivity index (χ3v) is 3.54. The van der Waals surface area contributed by atoms with Gasteiger partial charge in [-0.1, -0.05) is 13.0 Å². The lowest BCUT2D eigenvalue weighted by Crippen LogP contribution is -2.65. The van der Waals surface area contributed by atoms with Crippen molar-refractivity contribution in [3.63, 3.8) is 0 Å². The Morgan fingerprint density at radius 2 is 2.28 bits per heavy atom. The molecule has 2 rings (SSSR count). The van der Waals surface area contributed by atoms with E-state index in [9.17, 15) is 9.59 Å². The first-order valence-electron chi connectivity index (χ1n) is 6.05. The Balaban J connectivity index is 2.27. The van der Waals surface area contributed by atoms with Crippen molar-refractivity contribution < 1.29 is 9.59 Å². The van der Waals surface area contributed by atoms with Gasteiger partial charge in [-0.15, -0.1) is 0 Å². The zero-order valence-corrected chi connectivity index (χ0v) is 10.6. The van der Waals surface area contributed by atoms with E-state index in [0.29, 0.717) is 13.0 Å². The number of rotatable bonds is 3. The van der Waals surface area contributed by atoms with E-state index in [1.165, 1.54) is 0 Å². The van der Waals surface area contributed by atoms with E-state index in [0.717, 1.165) is 5.56 Å². The van der Waals surface area contributed by atoms with Crippen molar-refractivity contribution in [3.05, 3.63) is 30.1 Å². The zero-order valence-electron chi connectivity index (χ0n) is 10.6. The first-order chi connectivity index (χ1) is 8.58. The Kier molecular flexibility index (Phi) is 3.32. The lowest BCUT2D eigenvalue weighted by atomic mass is 9.92. The molecule has 96 valence electrons. The average molecular weight is 247 g/mol. The highest BCUT2D eigenvalue weighted by atomic mass is 16.2. The maximum absolute atomic E-state index is 12.0. The Bertz CT molecular complexity index is 461. The molecule has 1 aliphatic rings. The van der Waals surface area contributed by atoms with Crippen molar-refractivity contribution in [3.8, 4) is 0 Å². The van der Waals surface area contributed by atoms with Gasteiger partial charge in [0.25, 0.3) is 0 Å². The smallest absolute Gasteiger partial charge is 0.246 e. The van der Waals surface area contributed by atoms with Crippen LogP contribution in [0.25, 0.3) is 0 Å². The highest BCUT2D eigenvalue weighted by Gasteiger charge is 2.43. The predicted molar refractivity (Wildman–Crippen MR) is 66.5 cm³/mol. The highest BCUT2D eigenvalue weighted by molar-refractivity contribution is 5.97. The van der Waals surface area contributed by atoms with Gasteiger partial charge in [0.1, 0.15) is 5.54 Å². The van der Waals surface area contributed by atoms with Crippen molar-refractivity contribution in [1.82, 2.24) is 15.2 Å². The summed E-state index contributed by atoms with van der Waals surface area (Å²) in [5, 5.41) is 2.64. The number of nitrogens with zero attached hydrogens (tertiary/aromatic N) is 2. The quantitative estimate of drug-likeness (QED) is 0.855. The molecule has 1 aliphatic heterocycles. The van der Waals surface area contributed by atoms with Crippen LogP contribution in [0.2, 0.25) is 0 Å². The molecule has 18 heavy (non-hydrogen) atoms. The van der Waals surface area contributed by atoms with Gasteiger partial charge in [-0.25, -0.2) is 0 Å². The number of piperazine rings is 1. The summed E-state index contributed by atoms with van der Waals surface area (Å²) >= 11 is 0. The van der Waals surface area contributed by atoms with E-state index in [1.54, 1.807) is 24.2 Å². The van der Waals surface area contributed by atoms with Crippen LogP contribution in [-0.2, 0) is 16.1 Å². The van der Waals surface area contributed by atoms with Gasteiger partial charge < -0.3 is 10.2 Å². The normalized spacial score (nSPS) is 24.0. The van der Waals surface area contributed by atoms with Crippen LogP contribution in [-0.4, -0.2) is 33.8 Å². The molecule has 0 spiro atoms. The maximum atomic E-state index is 12.0. The number of hydrogen-bond donors (Lipinski definition) is 1. The lowest BCUT2D eigenvalue weighted by molar-refractivity contribution is -0.153. The van der Waals surface area contributed by atoms with Gasteiger partial charge in [-0.2, -0.15) is 0 Å². The molecule has 2 amide bonds. The molecule has 0 bridgehead atoms. The first-order valence-corrected chi connectivity index (χ1v) is 6.05. The van der Waals surface area contributed by atoms with Crippen LogP contribution >= 0.6 is 0 Å². The molecule has 1 atom stereocenters. The van der Waals surface area contributed by atoms with Crippen LogP contribution in [0.3, 0.4) is 0 Å². The SMILES string of the molecule is CCC1(C)C(=O)NCC(=O)N1Cc1cccnc1. The molecule has 1 aromatic heterocycles. The highest BCUT2D eigenvalue weighted by Crippen LogP contribution is 2.24. The summed E-state index contributed by atoms with van der Waals surface area (Å²) in [4.78, 5) is 29.7. The first kappa shape index (κ1) is 12.5. The van der Waals surface area contributed by atoms with E-state index in [4.69, 9.17) is 0 Å². The maximum Gasteiger partial charge on any atom is 0.246 e. The number of amides is 2. The summed E-state index contributed by atoms with van der Waals surface area (Å²) in [7, 11) is 0. The third kappa shape index (κ3) is 2.08. The minimum atomic E-state index is -0.773. The lowest BCUT2D eigenvalue weighted by Gasteiger charge is -2.43. The summed E-state index contributed by atoms with van der Waals surface area (Å²) in [6, 6.07) is 3.73. The fraction of sp³-hybridized carbons (Fsp3) is 0.462. The van der Waals surface area contributed by atoms with Gasteiger partial charge in [-0.3, -0.25) is 14.6 Å². The van der Waals surface area contributed by atoms with Crippen molar-refractivity contribution >= 4 is 11.8 Å². The predicted octanol–water partition coefficient (Wildman–Crippen LogP) is 0.709. The van der Waals surface area contributed by atoms with Gasteiger partial charge in [0, 0.05) is 18.9 Å². The molecule has 2 heterocycles. The van der Waals surface area contributed by atoms with Crippen molar-refractivity contribution in [2.75, 3.05) is 6.54 Å². The molecule has 0 saturated carbocycles. The van der Waals surface area contributed by atoms with Crippen molar-refractivity contribution in [2.45, 2.75) is 32.4 Å². The van der Waals surface area contributed by atoms with Gasteiger partial charge >= 0.3 is 0 Å². The molecular formula is C13H17N3O2. The molecule has 0 aliphatic carbocycles. The second-order valence-electron chi connectivity index (χ2n) is 4.65. The molecule has 1 unspecified atom stereocenters. The fourth-order valence-electron chi connectivity index (χ4n) is 2.13. The van der Waals surface area contributed by atoms with Gasteiger partial charge in [-0.05, 0) is 25.0 Å². The fourth-order valence-corrected chi connectivity index (χ4v) is 2.13. The summed E-state index contributed by atoms with van der Waals surface area (Å²) < 4.78 is 0. The van der Waals surface area contributed by atoms with Crippen molar-refractivity contribution in [2.24, 2.45) is 0 Å². The summed E-state index contributed by atoms with van der Waals surface area (Å²) in [6.45, 7) is 4.21. The van der Waals surface area contributed by atoms with Crippen LogP contribution in [0.1, 0.15) is 25.8 Å². The van der Waals surface area contributed by atoms with E-state index < -0.39 is 5.54 Å². The van der Waals surface area contributed by atoms with Gasteiger partial charge in [0.15, 0.2) is 0 Å². The molecule has 1 aromatic rings. The van der Waals surface area contributed by atoms with Crippen LogP contribution in [0.5, 0.6) is 0 Å². The third-order valence-electron chi connectivity index (χ3n) is 3.54. The molecule has 1 N–H and O–H groups in total. The number of nitrogens with one attached hydrogen (secondary N) is 1. The Morgan fingerprint density at radius 1 is 1.50 bits per heavy atom. The topological polar surface area (TPSA) is 62.3 Å². The van der Waals surface area contributed by atoms with Crippen molar-refractivity contribution in [1.29, 1.82) is 0 Å². The van der Waals surface area contributed by atoms with E-state index in [2.05, 4.69) is 10.3 Å². The van der Waals surface area contributed by atoms with Crippen LogP contribution < -0.4 is 5.32 Å². The Hall–Kier alpha value is -1.91. The molecule has 0 radical (unpaired) electrons. The standard InChI is InChI=1S/C13H17N3O2/c1-3-13(2)12(18)15-8-11(17)16(13)9-10-5-4-6-14-7-10/h4-7H,3,8-9H2,1-2H3,(H,15,18). The Labute approximate surface area is 106 Å². The number of pyridine rings is 1. The minimum Gasteiger partial charge on any atom is -0.345 e. The summed E-state index contributed by atoms with van der Waals surface area (Å²) in [5.74, 6) is -0.142. The average Bonchev–Trinajstić information content (AvgIpc) is 2.40. The number of carbonyl (C=O) groups excluding carboxylic acids is 2. The summed E-state index contributed by atoms with van der Waals surface area (Å²) in [5.41, 5.74) is 0.158. The zero-order chi connectivity index (χ0) is 13.2. The molecular weight excluding hydrogens is 230 g/mol. The van der Waals surface area contributed by atoms with Crippen LogP contribution in [0, 0.1) is 0 Å². The Morgan fingerprint density at radius 3 is 2.89 bits per heavy atom. The van der Waals surface area contributed by atoms with E-state index >= 15 is 0 Å². The van der Waals surface area contributed by atoms with E-state index in [1.807, 2.05) is 19.1 Å².